The van der Waals surface area contributed by atoms with Gasteiger partial charge in [-0.1, -0.05) is 30.3 Å². The summed E-state index contributed by atoms with van der Waals surface area (Å²) >= 11 is 0. The van der Waals surface area contributed by atoms with Crippen molar-refractivity contribution in [2.75, 3.05) is 52.3 Å². The molecule has 9 nitrogen and oxygen atoms in total. The zero-order chi connectivity index (χ0) is 29.2. The van der Waals surface area contributed by atoms with E-state index in [2.05, 4.69) is 59.2 Å². The number of sulfonamides is 1. The molecule has 2 aliphatic heterocycles. The summed E-state index contributed by atoms with van der Waals surface area (Å²) in [7, 11) is 2.19. The summed E-state index contributed by atoms with van der Waals surface area (Å²) in [6.07, 6.45) is 5.16. The number of hydrogen-bond acceptors (Lipinski definition) is 8. The lowest BCUT2D eigenvalue weighted by Gasteiger charge is -2.46. The van der Waals surface area contributed by atoms with E-state index in [1.807, 2.05) is 13.8 Å². The van der Waals surface area contributed by atoms with Crippen LogP contribution in [0.2, 0.25) is 0 Å². The van der Waals surface area contributed by atoms with E-state index in [0.29, 0.717) is 40.1 Å². The summed E-state index contributed by atoms with van der Waals surface area (Å²) in [4.78, 5) is 14.1. The molecule has 0 amide bonds. The maximum Gasteiger partial charge on any atom is 0.243 e. The summed E-state index contributed by atoms with van der Waals surface area (Å²) in [5.41, 5.74) is 2.67. The van der Waals surface area contributed by atoms with Crippen LogP contribution in [0, 0.1) is 13.8 Å². The highest BCUT2D eigenvalue weighted by Crippen LogP contribution is 2.38. The van der Waals surface area contributed by atoms with Gasteiger partial charge in [0, 0.05) is 37.4 Å². The molecule has 2 fully saturated rings. The van der Waals surface area contributed by atoms with E-state index in [9.17, 15) is 8.42 Å². The lowest BCUT2D eigenvalue weighted by atomic mass is 9.80. The summed E-state index contributed by atoms with van der Waals surface area (Å²) < 4.78 is 40.5. The predicted octanol–water partition coefficient (Wildman–Crippen LogP) is 4.39. The molecular weight excluding hydrogens is 538 g/mol. The number of aromatic nitrogens is 2. The number of anilines is 1. The van der Waals surface area contributed by atoms with Gasteiger partial charge in [0.15, 0.2) is 0 Å². The normalized spacial score (nSPS) is 19.5. The second kappa shape index (κ2) is 12.0. The van der Waals surface area contributed by atoms with E-state index < -0.39 is 10.0 Å². The molecule has 3 aromatic rings. The van der Waals surface area contributed by atoms with Crippen molar-refractivity contribution in [3.05, 3.63) is 71.4 Å². The van der Waals surface area contributed by atoms with Crippen LogP contribution in [-0.2, 0) is 15.6 Å². The number of ether oxygens (including phenoxy) is 2. The molecule has 10 heteroatoms. The van der Waals surface area contributed by atoms with Gasteiger partial charge in [0.25, 0.3) is 0 Å². The molecular formula is C31H41N5O4S. The van der Waals surface area contributed by atoms with Gasteiger partial charge in [-0.3, -0.25) is 4.90 Å². The first kappa shape index (κ1) is 29.3. The average molecular weight is 580 g/mol. The molecule has 41 heavy (non-hydrogen) atoms. The van der Waals surface area contributed by atoms with Gasteiger partial charge in [-0.15, -0.1) is 0 Å². The Morgan fingerprint density at radius 1 is 1.02 bits per heavy atom. The zero-order valence-electron chi connectivity index (χ0n) is 24.7. The van der Waals surface area contributed by atoms with E-state index in [1.165, 1.54) is 5.56 Å². The molecule has 1 aromatic heterocycles. The summed E-state index contributed by atoms with van der Waals surface area (Å²) in [6.45, 7) is 5.99. The van der Waals surface area contributed by atoms with Gasteiger partial charge in [-0.2, -0.15) is 9.29 Å². The molecule has 0 N–H and O–H groups in total. The Morgan fingerprint density at radius 2 is 1.71 bits per heavy atom. The van der Waals surface area contributed by atoms with Crippen LogP contribution in [0.5, 0.6) is 11.6 Å². The Hall–Kier alpha value is -3.21. The molecule has 1 atom stereocenters. The van der Waals surface area contributed by atoms with Crippen LogP contribution >= 0.6 is 0 Å². The Bertz CT molecular complexity index is 1430. The van der Waals surface area contributed by atoms with Gasteiger partial charge < -0.3 is 14.4 Å². The molecule has 0 spiro atoms. The van der Waals surface area contributed by atoms with E-state index in [-0.39, 0.29) is 18.2 Å². The fourth-order valence-corrected chi connectivity index (χ4v) is 8.50. The van der Waals surface area contributed by atoms with E-state index in [4.69, 9.17) is 14.5 Å². The Kier molecular flexibility index (Phi) is 8.54. The number of piperidine rings is 1. The smallest absolute Gasteiger partial charge is 0.243 e. The van der Waals surface area contributed by atoms with Gasteiger partial charge in [-0.05, 0) is 82.4 Å². The number of aryl methyl sites for hydroxylation is 2. The minimum Gasteiger partial charge on any atom is -0.497 e. The fraction of sp³-hybridized carbons (Fsp3) is 0.484. The monoisotopic (exact) mass is 579 g/mol. The summed E-state index contributed by atoms with van der Waals surface area (Å²) in [5, 5.41) is 0. The predicted molar refractivity (Wildman–Crippen MR) is 160 cm³/mol. The fourth-order valence-electron chi connectivity index (χ4n) is 6.41. The van der Waals surface area contributed by atoms with E-state index in [1.54, 1.807) is 35.8 Å². The SMILES string of the molecule is COc1cc(C)c(S(=O)(=O)N2CCC[C@H]2COc2ccnc(N3CCC(c4ccccc4)(N(C)C)CC3)n2)c(C)c1. The quantitative estimate of drug-likeness (QED) is 0.369. The second-order valence-corrected chi connectivity index (χ2v) is 13.1. The van der Waals surface area contributed by atoms with Crippen LogP contribution in [0.1, 0.15) is 42.4 Å². The topological polar surface area (TPSA) is 88.1 Å². The number of hydrogen-bond donors (Lipinski definition) is 0. The van der Waals surface area contributed by atoms with Crippen molar-refractivity contribution in [3.8, 4) is 11.6 Å². The number of benzene rings is 2. The van der Waals surface area contributed by atoms with Crippen LogP contribution in [-0.4, -0.2) is 81.1 Å². The highest BCUT2D eigenvalue weighted by Gasteiger charge is 2.39. The molecule has 2 aromatic carbocycles. The molecule has 2 aliphatic rings. The standard InChI is InChI=1S/C31H41N5O4S/c1-23-20-27(39-5)21-24(2)29(23)41(37,38)36-17-9-12-26(36)22-40-28-13-16-32-30(33-28)35-18-14-31(15-19-35,34(3)4)25-10-7-6-8-11-25/h6-8,10-11,13,16,20-21,26H,9,12,14-15,17-19,22H2,1-5H3/t26-/m0/s1. The zero-order valence-corrected chi connectivity index (χ0v) is 25.5. The third kappa shape index (κ3) is 5.78. The molecule has 0 unspecified atom stereocenters. The first-order valence-electron chi connectivity index (χ1n) is 14.3. The first-order valence-corrected chi connectivity index (χ1v) is 15.7. The molecule has 0 saturated carbocycles. The van der Waals surface area contributed by atoms with Crippen molar-refractivity contribution in [1.82, 2.24) is 19.2 Å². The van der Waals surface area contributed by atoms with Gasteiger partial charge in [0.05, 0.1) is 18.0 Å². The summed E-state index contributed by atoms with van der Waals surface area (Å²) in [6, 6.07) is 15.7. The molecule has 220 valence electrons. The van der Waals surface area contributed by atoms with Crippen molar-refractivity contribution in [3.63, 3.8) is 0 Å². The number of rotatable bonds is 9. The van der Waals surface area contributed by atoms with Crippen LogP contribution in [0.3, 0.4) is 0 Å². The van der Waals surface area contributed by atoms with Crippen molar-refractivity contribution in [1.29, 1.82) is 0 Å². The van der Waals surface area contributed by atoms with Crippen molar-refractivity contribution < 1.29 is 17.9 Å². The molecule has 2 saturated heterocycles. The van der Waals surface area contributed by atoms with Gasteiger partial charge in [0.1, 0.15) is 12.4 Å². The highest BCUT2D eigenvalue weighted by atomic mass is 32.2. The molecule has 0 radical (unpaired) electrons. The lowest BCUT2D eigenvalue weighted by Crippen LogP contribution is -2.50. The van der Waals surface area contributed by atoms with Crippen molar-refractivity contribution in [2.45, 2.75) is 56.0 Å². The minimum atomic E-state index is -3.69. The van der Waals surface area contributed by atoms with Gasteiger partial charge >= 0.3 is 0 Å². The number of methoxy groups -OCH3 is 1. The molecule has 0 bridgehead atoms. The van der Waals surface area contributed by atoms with Crippen LogP contribution in [0.15, 0.2) is 59.6 Å². The maximum atomic E-state index is 13.8. The van der Waals surface area contributed by atoms with Gasteiger partial charge in [0.2, 0.25) is 21.9 Å². The third-order valence-electron chi connectivity index (χ3n) is 8.64. The Morgan fingerprint density at radius 3 is 2.34 bits per heavy atom. The van der Waals surface area contributed by atoms with E-state index in [0.717, 1.165) is 38.8 Å². The molecule has 0 aliphatic carbocycles. The Labute approximate surface area is 244 Å². The van der Waals surface area contributed by atoms with Crippen molar-refractivity contribution in [2.24, 2.45) is 0 Å². The largest absolute Gasteiger partial charge is 0.497 e. The van der Waals surface area contributed by atoms with Gasteiger partial charge in [-0.25, -0.2) is 13.4 Å². The second-order valence-electron chi connectivity index (χ2n) is 11.3. The molecule has 5 rings (SSSR count). The van der Waals surface area contributed by atoms with Crippen molar-refractivity contribution >= 4 is 16.0 Å². The first-order chi connectivity index (χ1) is 19.7. The highest BCUT2D eigenvalue weighted by molar-refractivity contribution is 7.89. The van der Waals surface area contributed by atoms with Crippen LogP contribution < -0.4 is 14.4 Å². The lowest BCUT2D eigenvalue weighted by molar-refractivity contribution is 0.115. The maximum absolute atomic E-state index is 13.8. The van der Waals surface area contributed by atoms with Crippen LogP contribution in [0.4, 0.5) is 5.95 Å². The Balaban J connectivity index is 1.26. The summed E-state index contributed by atoms with van der Waals surface area (Å²) in [5.74, 6) is 1.76. The van der Waals surface area contributed by atoms with E-state index >= 15 is 0 Å². The molecule has 3 heterocycles. The number of nitrogens with zero attached hydrogens (tertiary/aromatic N) is 5. The van der Waals surface area contributed by atoms with Crippen LogP contribution in [0.25, 0.3) is 0 Å². The average Bonchev–Trinajstić information content (AvgIpc) is 3.46. The minimum absolute atomic E-state index is 0.0239. The third-order valence-corrected chi connectivity index (χ3v) is 10.9.